The van der Waals surface area contributed by atoms with Crippen LogP contribution in [0.2, 0.25) is 0 Å². The van der Waals surface area contributed by atoms with Gasteiger partial charge in [0.05, 0.1) is 11.6 Å². The van der Waals surface area contributed by atoms with Crippen molar-refractivity contribution in [2.24, 2.45) is 17.6 Å². The van der Waals surface area contributed by atoms with Crippen LogP contribution in [-0.2, 0) is 6.42 Å². The Morgan fingerprint density at radius 3 is 2.71 bits per heavy atom. The second-order valence-electron chi connectivity index (χ2n) is 8.28. The number of rotatable bonds is 4. The summed E-state index contributed by atoms with van der Waals surface area (Å²) in [7, 11) is 1.69. The predicted octanol–water partition coefficient (Wildman–Crippen LogP) is 6.05. The molecule has 4 heteroatoms. The summed E-state index contributed by atoms with van der Waals surface area (Å²) in [5.74, 6) is 2.81. The summed E-state index contributed by atoms with van der Waals surface area (Å²) in [6.07, 6.45) is 8.48. The molecule has 1 saturated carbocycles. The van der Waals surface area contributed by atoms with Crippen molar-refractivity contribution in [3.63, 3.8) is 0 Å². The molecule has 0 aliphatic heterocycles. The average molecular weight is 444 g/mol. The highest BCUT2D eigenvalue weighted by Gasteiger charge is 2.37. The highest BCUT2D eigenvalue weighted by atomic mass is 79.9. The normalized spacial score (nSPS) is 27.5. The minimum Gasteiger partial charge on any atom is -0.495 e. The van der Waals surface area contributed by atoms with E-state index in [4.69, 9.17) is 15.2 Å². The van der Waals surface area contributed by atoms with Gasteiger partial charge in [0.15, 0.2) is 0 Å². The van der Waals surface area contributed by atoms with Crippen LogP contribution in [0.25, 0.3) is 0 Å². The van der Waals surface area contributed by atoms with Gasteiger partial charge in [-0.15, -0.1) is 0 Å². The van der Waals surface area contributed by atoms with Crippen molar-refractivity contribution in [2.45, 2.75) is 57.1 Å². The summed E-state index contributed by atoms with van der Waals surface area (Å²) in [5, 5.41) is 0. The fourth-order valence-electron chi connectivity index (χ4n) is 5.06. The molecule has 2 N–H and O–H groups in total. The topological polar surface area (TPSA) is 44.5 Å². The molecule has 2 aromatic rings. The van der Waals surface area contributed by atoms with Crippen LogP contribution in [0.3, 0.4) is 0 Å². The molecule has 3 nitrogen and oxygen atoms in total. The van der Waals surface area contributed by atoms with E-state index in [-0.39, 0.29) is 6.10 Å². The molecule has 1 fully saturated rings. The summed E-state index contributed by atoms with van der Waals surface area (Å²) in [4.78, 5) is 0. The molecule has 1 unspecified atom stereocenters. The quantitative estimate of drug-likeness (QED) is 0.584. The smallest absolute Gasteiger partial charge is 0.136 e. The standard InChI is InChI=1S/C24H30BrNO2/c1-27-23-15-19(11-13-22(23)25)28-24-20-9-5-3-6-16(20)10-12-21(24)17-7-2-4-8-18(26)14-17/h3,5-6,9,11,13,15,17-18,21,24H,2,4,7-8,10,12,14,26H2,1H3/t17?,18-,21+,24-/m0/s1. The molecule has 2 aliphatic carbocycles. The Balaban J connectivity index is 1.66. The average Bonchev–Trinajstić information content (AvgIpc) is 2.94. The number of benzene rings is 2. The summed E-state index contributed by atoms with van der Waals surface area (Å²) < 4.78 is 13.1. The third kappa shape index (κ3) is 4.23. The molecule has 0 aromatic heterocycles. The zero-order valence-corrected chi connectivity index (χ0v) is 18.2. The van der Waals surface area contributed by atoms with Gasteiger partial charge >= 0.3 is 0 Å². The number of nitrogens with two attached hydrogens (primary N) is 1. The minimum absolute atomic E-state index is 0.0751. The van der Waals surface area contributed by atoms with Crippen LogP contribution < -0.4 is 15.2 Å². The summed E-state index contributed by atoms with van der Waals surface area (Å²) in [6, 6.07) is 15.1. The van der Waals surface area contributed by atoms with E-state index in [1.807, 2.05) is 18.2 Å². The highest BCUT2D eigenvalue weighted by molar-refractivity contribution is 9.10. The highest BCUT2D eigenvalue weighted by Crippen LogP contribution is 2.45. The minimum atomic E-state index is 0.0751. The van der Waals surface area contributed by atoms with Crippen molar-refractivity contribution >= 4 is 15.9 Å². The van der Waals surface area contributed by atoms with Crippen LogP contribution in [0.1, 0.15) is 55.8 Å². The number of hydrogen-bond acceptors (Lipinski definition) is 3. The first-order valence-corrected chi connectivity index (χ1v) is 11.3. The third-order valence-electron chi connectivity index (χ3n) is 6.49. The Kier molecular flexibility index (Phi) is 6.27. The fourth-order valence-corrected chi connectivity index (χ4v) is 5.47. The van der Waals surface area contributed by atoms with Gasteiger partial charge < -0.3 is 15.2 Å². The Bertz CT molecular complexity index is 809. The van der Waals surface area contributed by atoms with E-state index >= 15 is 0 Å². The van der Waals surface area contributed by atoms with E-state index in [2.05, 4.69) is 40.2 Å². The number of fused-ring (bicyclic) bond motifs is 1. The molecular formula is C24H30BrNO2. The van der Waals surface area contributed by atoms with Crippen LogP contribution in [0.15, 0.2) is 46.9 Å². The van der Waals surface area contributed by atoms with E-state index < -0.39 is 0 Å². The Hall–Kier alpha value is -1.52. The maximum Gasteiger partial charge on any atom is 0.136 e. The van der Waals surface area contributed by atoms with Gasteiger partial charge in [-0.3, -0.25) is 0 Å². The lowest BCUT2D eigenvalue weighted by Crippen LogP contribution is -2.33. The maximum atomic E-state index is 6.68. The second kappa shape index (κ2) is 8.87. The number of methoxy groups -OCH3 is 1. The van der Waals surface area contributed by atoms with E-state index in [9.17, 15) is 0 Å². The molecule has 4 rings (SSSR count). The molecule has 4 atom stereocenters. The Morgan fingerprint density at radius 1 is 1.04 bits per heavy atom. The Morgan fingerprint density at radius 2 is 1.86 bits per heavy atom. The van der Waals surface area contributed by atoms with Crippen molar-refractivity contribution < 1.29 is 9.47 Å². The summed E-state index contributed by atoms with van der Waals surface area (Å²) in [6.45, 7) is 0. The lowest BCUT2D eigenvalue weighted by atomic mass is 9.72. The van der Waals surface area contributed by atoms with Crippen molar-refractivity contribution in [3.05, 3.63) is 58.1 Å². The lowest BCUT2D eigenvalue weighted by molar-refractivity contribution is 0.0707. The molecule has 28 heavy (non-hydrogen) atoms. The van der Waals surface area contributed by atoms with Gasteiger partial charge in [-0.1, -0.05) is 37.1 Å². The van der Waals surface area contributed by atoms with Gasteiger partial charge in [-0.2, -0.15) is 0 Å². The second-order valence-corrected chi connectivity index (χ2v) is 9.13. The van der Waals surface area contributed by atoms with E-state index in [1.165, 1.54) is 36.8 Å². The van der Waals surface area contributed by atoms with Crippen LogP contribution in [-0.4, -0.2) is 13.2 Å². The van der Waals surface area contributed by atoms with Crippen molar-refractivity contribution in [2.75, 3.05) is 7.11 Å². The van der Waals surface area contributed by atoms with Gasteiger partial charge in [0.2, 0.25) is 0 Å². The van der Waals surface area contributed by atoms with Crippen LogP contribution >= 0.6 is 15.9 Å². The van der Waals surface area contributed by atoms with Crippen molar-refractivity contribution in [1.29, 1.82) is 0 Å². The maximum absolute atomic E-state index is 6.68. The molecule has 0 heterocycles. The molecule has 2 aromatic carbocycles. The van der Waals surface area contributed by atoms with Crippen LogP contribution in [0.5, 0.6) is 11.5 Å². The largest absolute Gasteiger partial charge is 0.495 e. The summed E-state index contributed by atoms with van der Waals surface area (Å²) >= 11 is 3.54. The Labute approximate surface area is 176 Å². The van der Waals surface area contributed by atoms with Gasteiger partial charge in [0, 0.05) is 18.0 Å². The van der Waals surface area contributed by atoms with Gasteiger partial charge in [0.1, 0.15) is 17.6 Å². The predicted molar refractivity (Wildman–Crippen MR) is 117 cm³/mol. The molecule has 0 spiro atoms. The van der Waals surface area contributed by atoms with Crippen molar-refractivity contribution in [1.82, 2.24) is 0 Å². The zero-order chi connectivity index (χ0) is 19.5. The molecule has 0 amide bonds. The number of aryl methyl sites for hydroxylation is 1. The lowest BCUT2D eigenvalue weighted by Gasteiger charge is -2.39. The SMILES string of the molecule is COc1cc(O[C@H]2c3ccccc3CC[C@@H]2C2CCCC[C@H](N)C2)ccc1Br. The van der Waals surface area contributed by atoms with Gasteiger partial charge in [-0.05, 0) is 77.2 Å². The number of ether oxygens (including phenoxy) is 2. The first kappa shape index (κ1) is 19.8. The van der Waals surface area contributed by atoms with Crippen LogP contribution in [0, 0.1) is 11.8 Å². The first-order chi connectivity index (χ1) is 13.7. The monoisotopic (exact) mass is 443 g/mol. The zero-order valence-electron chi connectivity index (χ0n) is 16.6. The number of hydrogen-bond donors (Lipinski definition) is 1. The number of halogens is 1. The third-order valence-corrected chi connectivity index (χ3v) is 7.15. The van der Waals surface area contributed by atoms with Crippen LogP contribution in [0.4, 0.5) is 0 Å². The van der Waals surface area contributed by atoms with E-state index in [1.54, 1.807) is 7.11 Å². The van der Waals surface area contributed by atoms with E-state index in [0.717, 1.165) is 35.2 Å². The molecule has 0 bridgehead atoms. The fraction of sp³-hybridized carbons (Fsp3) is 0.500. The van der Waals surface area contributed by atoms with Gasteiger partial charge in [0.25, 0.3) is 0 Å². The summed E-state index contributed by atoms with van der Waals surface area (Å²) in [5.41, 5.74) is 9.18. The molecule has 150 valence electrons. The molecular weight excluding hydrogens is 414 g/mol. The first-order valence-electron chi connectivity index (χ1n) is 10.5. The van der Waals surface area contributed by atoms with E-state index in [0.29, 0.717) is 17.9 Å². The van der Waals surface area contributed by atoms with Crippen molar-refractivity contribution in [3.8, 4) is 11.5 Å². The van der Waals surface area contributed by atoms with Gasteiger partial charge in [-0.25, -0.2) is 0 Å². The molecule has 0 saturated heterocycles. The molecule has 2 aliphatic rings. The molecule has 0 radical (unpaired) electrons.